The number of amides is 2. The molecule has 10 nitrogen and oxygen atoms in total. The first kappa shape index (κ1) is 31.7. The van der Waals surface area contributed by atoms with Crippen LogP contribution in [0.3, 0.4) is 0 Å². The van der Waals surface area contributed by atoms with Crippen molar-refractivity contribution in [2.45, 2.75) is 56.1 Å². The maximum Gasteiger partial charge on any atom is 0.251 e. The normalized spacial score (nSPS) is 20.2. The van der Waals surface area contributed by atoms with Gasteiger partial charge in [0, 0.05) is 34.5 Å². The number of hydrogen-bond acceptors (Lipinski definition) is 8. The van der Waals surface area contributed by atoms with E-state index in [-0.39, 0.29) is 70.4 Å². The van der Waals surface area contributed by atoms with Crippen molar-refractivity contribution in [2.24, 2.45) is 16.6 Å². The van der Waals surface area contributed by atoms with Crippen LogP contribution in [0.25, 0.3) is 11.3 Å². The van der Waals surface area contributed by atoms with Gasteiger partial charge in [-0.2, -0.15) is 0 Å². The Kier molecular flexibility index (Phi) is 8.14. The van der Waals surface area contributed by atoms with Crippen molar-refractivity contribution in [3.63, 3.8) is 0 Å². The van der Waals surface area contributed by atoms with E-state index in [1.807, 2.05) is 0 Å². The van der Waals surface area contributed by atoms with Crippen LogP contribution in [0.15, 0.2) is 35.3 Å². The molecule has 13 heteroatoms. The van der Waals surface area contributed by atoms with E-state index < -0.39 is 34.5 Å². The van der Waals surface area contributed by atoms with Crippen molar-refractivity contribution in [2.75, 3.05) is 26.0 Å². The molecule has 1 aromatic heterocycles. The van der Waals surface area contributed by atoms with E-state index in [0.29, 0.717) is 23.1 Å². The number of halogens is 3. The zero-order chi connectivity index (χ0) is 33.0. The zero-order valence-corrected chi connectivity index (χ0v) is 26.1. The lowest BCUT2D eigenvalue weighted by molar-refractivity contribution is -0.123. The van der Waals surface area contributed by atoms with E-state index in [4.69, 9.17) is 32.5 Å². The fraction of sp³-hybridized carbons (Fsp3) is 0.394. The van der Waals surface area contributed by atoms with Crippen LogP contribution < -0.4 is 26.3 Å². The van der Waals surface area contributed by atoms with Gasteiger partial charge in [0.25, 0.3) is 5.91 Å². The number of fused-ring (bicyclic) bond motifs is 1. The SMILES string of the molecule is COc1cc(C(=O)NC[C@@](O)(CC2CC2)c2cc3c(c(-c4cc(Cl)c(F)cc4F)n2)OC[C@]3(C)C(N)=O)cc(C=NC2CC2)c1N. The quantitative estimate of drug-likeness (QED) is 0.135. The van der Waals surface area contributed by atoms with Crippen molar-refractivity contribution < 1.29 is 33.0 Å². The molecule has 0 unspecified atom stereocenters. The summed E-state index contributed by atoms with van der Waals surface area (Å²) in [6.45, 7) is 1.13. The van der Waals surface area contributed by atoms with Gasteiger partial charge < -0.3 is 31.4 Å². The van der Waals surface area contributed by atoms with Crippen molar-refractivity contribution >= 4 is 35.3 Å². The van der Waals surface area contributed by atoms with E-state index in [0.717, 1.165) is 31.7 Å². The molecule has 46 heavy (non-hydrogen) atoms. The van der Waals surface area contributed by atoms with Gasteiger partial charge in [0.05, 0.1) is 36.1 Å². The number of ether oxygens (including phenoxy) is 2. The van der Waals surface area contributed by atoms with Crippen LogP contribution in [0.2, 0.25) is 5.02 Å². The van der Waals surface area contributed by atoms with Crippen LogP contribution in [0.4, 0.5) is 14.5 Å². The van der Waals surface area contributed by atoms with Gasteiger partial charge in [-0.25, -0.2) is 13.8 Å². The zero-order valence-electron chi connectivity index (χ0n) is 25.3. The summed E-state index contributed by atoms with van der Waals surface area (Å²) in [4.78, 5) is 35.3. The Morgan fingerprint density at radius 2 is 1.96 bits per heavy atom. The van der Waals surface area contributed by atoms with E-state index in [2.05, 4.69) is 15.3 Å². The highest BCUT2D eigenvalue weighted by Crippen LogP contribution is 2.48. The molecule has 242 valence electrons. The maximum absolute atomic E-state index is 15.2. The number of methoxy groups -OCH3 is 1. The van der Waals surface area contributed by atoms with Gasteiger partial charge in [-0.1, -0.05) is 24.4 Å². The third-order valence-electron chi connectivity index (χ3n) is 8.85. The number of hydrogen-bond donors (Lipinski definition) is 4. The highest BCUT2D eigenvalue weighted by Gasteiger charge is 2.47. The number of benzene rings is 2. The highest BCUT2D eigenvalue weighted by atomic mass is 35.5. The van der Waals surface area contributed by atoms with Gasteiger partial charge in [-0.3, -0.25) is 14.6 Å². The molecule has 2 aliphatic carbocycles. The van der Waals surface area contributed by atoms with Gasteiger partial charge >= 0.3 is 0 Å². The Morgan fingerprint density at radius 1 is 1.22 bits per heavy atom. The first-order valence-electron chi connectivity index (χ1n) is 15.0. The lowest BCUT2D eigenvalue weighted by Gasteiger charge is -2.30. The number of nitrogen functional groups attached to an aromatic ring is 1. The average molecular weight is 654 g/mol. The van der Waals surface area contributed by atoms with Crippen LogP contribution in [-0.4, -0.2) is 54.4 Å². The fourth-order valence-electron chi connectivity index (χ4n) is 5.57. The monoisotopic (exact) mass is 653 g/mol. The molecule has 3 aromatic rings. The fourth-order valence-corrected chi connectivity index (χ4v) is 5.74. The predicted molar refractivity (Wildman–Crippen MR) is 168 cm³/mol. The first-order valence-corrected chi connectivity index (χ1v) is 15.4. The molecule has 2 saturated carbocycles. The first-order chi connectivity index (χ1) is 21.8. The minimum atomic E-state index is -1.77. The minimum absolute atomic E-state index is 0.0541. The van der Waals surface area contributed by atoms with E-state index in [9.17, 15) is 19.1 Å². The van der Waals surface area contributed by atoms with Crippen molar-refractivity contribution in [3.05, 3.63) is 69.4 Å². The molecule has 3 aliphatic rings. The maximum atomic E-state index is 15.2. The topological polar surface area (TPSA) is 162 Å². The number of nitrogens with zero attached hydrogens (tertiary/aromatic N) is 2. The summed E-state index contributed by atoms with van der Waals surface area (Å²) in [5.74, 6) is -2.65. The Hall–Kier alpha value is -4.29. The van der Waals surface area contributed by atoms with Crippen LogP contribution in [-0.2, 0) is 15.8 Å². The van der Waals surface area contributed by atoms with Gasteiger partial charge in [0.15, 0.2) is 0 Å². The number of carbonyl (C=O) groups excluding carboxylic acids is 2. The molecular weight excluding hydrogens is 620 g/mol. The number of nitrogens with two attached hydrogens (primary N) is 2. The molecule has 2 aromatic carbocycles. The molecule has 2 heterocycles. The van der Waals surface area contributed by atoms with Crippen LogP contribution in [0.1, 0.15) is 66.2 Å². The van der Waals surface area contributed by atoms with E-state index in [1.165, 1.54) is 19.2 Å². The number of primary amides is 1. The molecule has 6 N–H and O–H groups in total. The van der Waals surface area contributed by atoms with Gasteiger partial charge in [0.2, 0.25) is 5.91 Å². The number of aliphatic imine (C=N–C) groups is 1. The molecule has 2 atom stereocenters. The molecule has 2 fully saturated rings. The molecular formula is C33H34ClF2N5O5. The van der Waals surface area contributed by atoms with Crippen molar-refractivity contribution in [3.8, 4) is 22.8 Å². The second kappa shape index (κ2) is 11.8. The van der Waals surface area contributed by atoms with E-state index >= 15 is 4.39 Å². The van der Waals surface area contributed by atoms with Crippen LogP contribution in [0.5, 0.6) is 11.5 Å². The van der Waals surface area contributed by atoms with Gasteiger partial charge in [-0.15, -0.1) is 0 Å². The van der Waals surface area contributed by atoms with Crippen molar-refractivity contribution in [1.82, 2.24) is 10.3 Å². The summed E-state index contributed by atoms with van der Waals surface area (Å²) in [5.41, 5.74) is 10.1. The summed E-state index contributed by atoms with van der Waals surface area (Å²) in [6.07, 6.45) is 5.55. The van der Waals surface area contributed by atoms with Crippen LogP contribution >= 0.6 is 11.6 Å². The summed E-state index contributed by atoms with van der Waals surface area (Å²) in [7, 11) is 1.45. The Bertz CT molecular complexity index is 1780. The second-order valence-corrected chi connectivity index (χ2v) is 12.9. The Labute approximate surface area is 269 Å². The second-order valence-electron chi connectivity index (χ2n) is 12.5. The smallest absolute Gasteiger partial charge is 0.251 e. The number of rotatable bonds is 11. The summed E-state index contributed by atoms with van der Waals surface area (Å²) >= 11 is 6.02. The summed E-state index contributed by atoms with van der Waals surface area (Å²) in [6, 6.07) is 6.55. The van der Waals surface area contributed by atoms with Crippen molar-refractivity contribution in [1.29, 1.82) is 0 Å². The minimum Gasteiger partial charge on any atom is -0.495 e. The molecule has 6 rings (SSSR count). The molecule has 0 saturated heterocycles. The van der Waals surface area contributed by atoms with E-state index in [1.54, 1.807) is 19.2 Å². The Balaban J connectivity index is 1.40. The standard InChI is InChI=1S/C33H34ClF2N5O5/c1-32(31(38)43)15-46-29-21(32)10-26(41-28(29)20-9-22(34)24(36)11-23(20)35)33(44,12-16-3-4-16)14-40-30(42)17-7-18(13-39-19-5-6-19)27(37)25(8-17)45-2/h7-11,13,16,19,44H,3-6,12,14-15,37H2,1-2H3,(H2,38,43)(H,40,42)/t32-,33-/m0/s1. The molecule has 1 aliphatic heterocycles. The molecule has 0 spiro atoms. The lowest BCUT2D eigenvalue weighted by Crippen LogP contribution is -2.43. The number of pyridine rings is 1. The van der Waals surface area contributed by atoms with Gasteiger partial charge in [0.1, 0.15) is 46.5 Å². The number of carbonyl (C=O) groups is 2. The lowest BCUT2D eigenvalue weighted by atomic mass is 9.81. The number of aliphatic hydroxyl groups is 1. The number of aromatic nitrogens is 1. The van der Waals surface area contributed by atoms with Crippen LogP contribution in [0, 0.1) is 17.6 Å². The number of nitrogens with one attached hydrogen (secondary N) is 1. The summed E-state index contributed by atoms with van der Waals surface area (Å²) in [5, 5.41) is 14.7. The average Bonchev–Trinajstić information content (AvgIpc) is 3.97. The molecule has 0 bridgehead atoms. The third-order valence-corrected chi connectivity index (χ3v) is 9.14. The largest absolute Gasteiger partial charge is 0.495 e. The third kappa shape index (κ3) is 5.99. The van der Waals surface area contributed by atoms with Gasteiger partial charge in [-0.05, 0) is 56.4 Å². The predicted octanol–water partition coefficient (Wildman–Crippen LogP) is 4.41. The molecule has 2 amide bonds. The molecule has 0 radical (unpaired) electrons. The highest BCUT2D eigenvalue weighted by molar-refractivity contribution is 6.31. The summed E-state index contributed by atoms with van der Waals surface area (Å²) < 4.78 is 40.6. The number of anilines is 1. The Morgan fingerprint density at radius 3 is 2.61 bits per heavy atom.